The second-order valence-electron chi connectivity index (χ2n) is 7.94. The molecule has 1 heterocycles. The van der Waals surface area contributed by atoms with Gasteiger partial charge in [0.05, 0.1) is 16.8 Å². The van der Waals surface area contributed by atoms with Gasteiger partial charge in [-0.3, -0.25) is 4.79 Å². The predicted molar refractivity (Wildman–Crippen MR) is 143 cm³/mol. The summed E-state index contributed by atoms with van der Waals surface area (Å²) in [4.78, 5) is 12.4. The van der Waals surface area contributed by atoms with E-state index in [1.165, 1.54) is 17.3 Å². The molecular formula is C25H28BrClN4O2S. The van der Waals surface area contributed by atoms with E-state index in [9.17, 15) is 4.79 Å². The minimum Gasteiger partial charge on any atom is -0.492 e. The number of ether oxygens (including phenoxy) is 1. The van der Waals surface area contributed by atoms with Gasteiger partial charge in [0, 0.05) is 23.7 Å². The van der Waals surface area contributed by atoms with E-state index >= 15 is 0 Å². The number of nitrogens with zero attached hydrogens (tertiary/aromatic N) is 3. The van der Waals surface area contributed by atoms with Crippen LogP contribution in [0.15, 0.2) is 64.7 Å². The number of hydrogen-bond donors (Lipinski definition) is 1. The number of carbonyl (C=O) groups is 1. The zero-order valence-corrected chi connectivity index (χ0v) is 22.4. The molecule has 0 saturated heterocycles. The molecule has 180 valence electrons. The quantitative estimate of drug-likeness (QED) is 0.150. The Kier molecular flexibility index (Phi) is 10.0. The summed E-state index contributed by atoms with van der Waals surface area (Å²) < 4.78 is 8.64. The number of anilines is 1. The molecule has 0 radical (unpaired) electrons. The predicted octanol–water partition coefficient (Wildman–Crippen LogP) is 6.75. The molecule has 0 saturated carbocycles. The van der Waals surface area contributed by atoms with Crippen molar-refractivity contribution in [2.24, 2.45) is 0 Å². The van der Waals surface area contributed by atoms with Crippen LogP contribution in [-0.4, -0.2) is 33.0 Å². The number of nitrogens with one attached hydrogen (secondary N) is 1. The first-order valence-electron chi connectivity index (χ1n) is 11.0. The molecular weight excluding hydrogens is 536 g/mol. The van der Waals surface area contributed by atoms with Crippen molar-refractivity contribution in [1.82, 2.24) is 14.8 Å². The fourth-order valence-corrected chi connectivity index (χ4v) is 4.77. The van der Waals surface area contributed by atoms with Gasteiger partial charge in [-0.2, -0.15) is 0 Å². The molecule has 0 bridgehead atoms. The molecule has 9 heteroatoms. The van der Waals surface area contributed by atoms with E-state index in [2.05, 4.69) is 51.9 Å². The highest BCUT2D eigenvalue weighted by Crippen LogP contribution is 2.28. The second kappa shape index (κ2) is 13.0. The van der Waals surface area contributed by atoms with Gasteiger partial charge in [-0.1, -0.05) is 55.4 Å². The minimum atomic E-state index is -0.0843. The Morgan fingerprint density at radius 2 is 2.03 bits per heavy atom. The van der Waals surface area contributed by atoms with Crippen molar-refractivity contribution in [2.75, 3.05) is 17.7 Å². The first-order chi connectivity index (χ1) is 16.4. The Bertz CT molecular complexity index is 1120. The highest BCUT2D eigenvalue weighted by molar-refractivity contribution is 9.10. The third-order valence-corrected chi connectivity index (χ3v) is 6.82. The molecule has 1 amide bonds. The average Bonchev–Trinajstić information content (AvgIpc) is 3.18. The Labute approximate surface area is 218 Å². The highest BCUT2D eigenvalue weighted by Gasteiger charge is 2.14. The first kappa shape index (κ1) is 26.3. The van der Waals surface area contributed by atoms with Gasteiger partial charge in [0.25, 0.3) is 0 Å². The topological polar surface area (TPSA) is 69.0 Å². The van der Waals surface area contributed by atoms with Crippen LogP contribution in [0.1, 0.15) is 37.6 Å². The zero-order chi connectivity index (χ0) is 24.5. The molecule has 0 atom stereocenters. The number of halogens is 2. The maximum atomic E-state index is 12.4. The van der Waals surface area contributed by atoms with Crippen LogP contribution in [0.2, 0.25) is 5.02 Å². The molecule has 6 nitrogen and oxygen atoms in total. The normalized spacial score (nSPS) is 11.0. The lowest BCUT2D eigenvalue weighted by Crippen LogP contribution is -2.15. The molecule has 0 aliphatic rings. The summed E-state index contributed by atoms with van der Waals surface area (Å²) in [5, 5.41) is 12.9. The number of aromatic nitrogens is 3. The zero-order valence-electron chi connectivity index (χ0n) is 19.3. The minimum absolute atomic E-state index is 0.0843. The SMILES string of the molecule is C=CCn1c(CCCOc2ccc(Cl)cc2Br)nnc1SCC(=O)Nc1ccc(C(C)C)cc1. The van der Waals surface area contributed by atoms with Crippen molar-refractivity contribution in [1.29, 1.82) is 0 Å². The van der Waals surface area contributed by atoms with E-state index in [0.29, 0.717) is 35.7 Å². The summed E-state index contributed by atoms with van der Waals surface area (Å²) in [6, 6.07) is 13.4. The lowest BCUT2D eigenvalue weighted by atomic mass is 10.0. The summed E-state index contributed by atoms with van der Waals surface area (Å²) in [5.74, 6) is 2.20. The maximum Gasteiger partial charge on any atom is 0.234 e. The molecule has 0 unspecified atom stereocenters. The van der Waals surface area contributed by atoms with Crippen molar-refractivity contribution in [3.05, 3.63) is 76.0 Å². The highest BCUT2D eigenvalue weighted by atomic mass is 79.9. The molecule has 3 rings (SSSR count). The molecule has 34 heavy (non-hydrogen) atoms. The van der Waals surface area contributed by atoms with Crippen LogP contribution >= 0.6 is 39.3 Å². The Morgan fingerprint density at radius 1 is 1.26 bits per heavy atom. The van der Waals surface area contributed by atoms with Crippen molar-refractivity contribution < 1.29 is 9.53 Å². The van der Waals surface area contributed by atoms with Crippen LogP contribution < -0.4 is 10.1 Å². The van der Waals surface area contributed by atoms with Gasteiger partial charge in [-0.05, 0) is 64.2 Å². The van der Waals surface area contributed by atoms with Gasteiger partial charge in [-0.25, -0.2) is 0 Å². The number of aryl methyl sites for hydroxylation is 1. The van der Waals surface area contributed by atoms with Gasteiger partial charge < -0.3 is 14.6 Å². The van der Waals surface area contributed by atoms with E-state index in [1.807, 2.05) is 34.9 Å². The summed E-state index contributed by atoms with van der Waals surface area (Å²) >= 11 is 10.8. The van der Waals surface area contributed by atoms with E-state index in [0.717, 1.165) is 28.2 Å². The van der Waals surface area contributed by atoms with E-state index in [1.54, 1.807) is 18.2 Å². The fourth-order valence-electron chi connectivity index (χ4n) is 3.21. The van der Waals surface area contributed by atoms with Crippen molar-refractivity contribution in [2.45, 2.75) is 44.3 Å². The number of allylic oxidation sites excluding steroid dienone is 1. The first-order valence-corrected chi connectivity index (χ1v) is 13.2. The lowest BCUT2D eigenvalue weighted by molar-refractivity contribution is -0.113. The van der Waals surface area contributed by atoms with Crippen LogP contribution in [0, 0.1) is 0 Å². The number of benzene rings is 2. The van der Waals surface area contributed by atoms with Gasteiger partial charge in [-0.15, -0.1) is 16.8 Å². The van der Waals surface area contributed by atoms with Crippen LogP contribution in [0.4, 0.5) is 5.69 Å². The number of thioether (sulfide) groups is 1. The van der Waals surface area contributed by atoms with E-state index in [-0.39, 0.29) is 11.7 Å². The molecule has 0 aliphatic heterocycles. The lowest BCUT2D eigenvalue weighted by Gasteiger charge is -2.10. The van der Waals surface area contributed by atoms with Gasteiger partial charge in [0.15, 0.2) is 5.16 Å². The Balaban J connectivity index is 1.51. The smallest absolute Gasteiger partial charge is 0.234 e. The number of hydrogen-bond acceptors (Lipinski definition) is 5. The molecule has 1 aromatic heterocycles. The van der Waals surface area contributed by atoms with Crippen molar-refractivity contribution in [3.63, 3.8) is 0 Å². The summed E-state index contributed by atoms with van der Waals surface area (Å²) in [5.41, 5.74) is 2.03. The van der Waals surface area contributed by atoms with Crippen molar-refractivity contribution >= 4 is 50.9 Å². The van der Waals surface area contributed by atoms with Gasteiger partial charge in [0.2, 0.25) is 5.91 Å². The molecule has 0 spiro atoms. The molecule has 2 aromatic carbocycles. The molecule has 0 fully saturated rings. The molecule has 3 aromatic rings. The number of carbonyl (C=O) groups excluding carboxylic acids is 1. The molecule has 0 aliphatic carbocycles. The third-order valence-electron chi connectivity index (χ3n) is 4.99. The van der Waals surface area contributed by atoms with Gasteiger partial charge >= 0.3 is 0 Å². The van der Waals surface area contributed by atoms with E-state index in [4.69, 9.17) is 16.3 Å². The Morgan fingerprint density at radius 3 is 2.71 bits per heavy atom. The number of rotatable bonds is 12. The van der Waals surface area contributed by atoms with Crippen LogP contribution in [0.3, 0.4) is 0 Å². The van der Waals surface area contributed by atoms with Gasteiger partial charge in [0.1, 0.15) is 11.6 Å². The van der Waals surface area contributed by atoms with Crippen LogP contribution in [-0.2, 0) is 17.8 Å². The summed E-state index contributed by atoms with van der Waals surface area (Å²) in [7, 11) is 0. The number of amides is 1. The van der Waals surface area contributed by atoms with Crippen LogP contribution in [0.25, 0.3) is 0 Å². The standard InChI is InChI=1S/C25H28BrClN4O2S/c1-4-13-31-23(6-5-14-33-22-12-9-19(27)15-21(22)26)29-30-25(31)34-16-24(32)28-20-10-7-18(8-11-20)17(2)3/h4,7-12,15,17H,1,5-6,13-14,16H2,2-3H3,(H,28,32). The fraction of sp³-hybridized carbons (Fsp3) is 0.320. The van der Waals surface area contributed by atoms with E-state index < -0.39 is 0 Å². The van der Waals surface area contributed by atoms with Crippen LogP contribution in [0.5, 0.6) is 5.75 Å². The maximum absolute atomic E-state index is 12.4. The molecule has 1 N–H and O–H groups in total. The summed E-state index contributed by atoms with van der Waals surface area (Å²) in [6.07, 6.45) is 3.26. The second-order valence-corrected chi connectivity index (χ2v) is 10.2. The monoisotopic (exact) mass is 562 g/mol. The summed E-state index contributed by atoms with van der Waals surface area (Å²) in [6.45, 7) is 9.23. The largest absolute Gasteiger partial charge is 0.492 e. The Hall–Kier alpha value is -2.29. The van der Waals surface area contributed by atoms with Crippen molar-refractivity contribution in [3.8, 4) is 5.75 Å². The third kappa shape index (κ3) is 7.61. The average molecular weight is 564 g/mol.